The molecule has 0 atom stereocenters. The topological polar surface area (TPSA) is 53.9 Å². The summed E-state index contributed by atoms with van der Waals surface area (Å²) < 4.78 is 0. The molecule has 0 aliphatic heterocycles. The van der Waals surface area contributed by atoms with Crippen LogP contribution in [0, 0.1) is 0 Å². The molecule has 5 heteroatoms. The van der Waals surface area contributed by atoms with Crippen molar-refractivity contribution in [3.05, 3.63) is 109 Å². The Kier molecular flexibility index (Phi) is 5.54. The van der Waals surface area contributed by atoms with Crippen molar-refractivity contribution < 1.29 is 0 Å². The molecule has 5 nitrogen and oxygen atoms in total. The van der Waals surface area contributed by atoms with Crippen LogP contribution in [-0.2, 0) is 13.1 Å². The van der Waals surface area contributed by atoms with Crippen LogP contribution < -0.4 is 10.2 Å². The summed E-state index contributed by atoms with van der Waals surface area (Å²) in [6, 6.07) is 20.5. The van der Waals surface area contributed by atoms with Crippen LogP contribution in [0.5, 0.6) is 0 Å². The Hall–Kier alpha value is -3.73. The van der Waals surface area contributed by atoms with Crippen molar-refractivity contribution in [2.24, 2.45) is 0 Å². The average Bonchev–Trinajstić information content (AvgIpc) is 2.78. The van der Waals surface area contributed by atoms with Gasteiger partial charge in [-0.2, -0.15) is 0 Å². The van der Waals surface area contributed by atoms with Crippen molar-refractivity contribution in [3.63, 3.8) is 0 Å². The van der Waals surface area contributed by atoms with E-state index in [0.29, 0.717) is 0 Å². The lowest BCUT2D eigenvalue weighted by molar-refractivity contribution is 0.937. The zero-order chi connectivity index (χ0) is 19.0. The van der Waals surface area contributed by atoms with Gasteiger partial charge in [0.05, 0.1) is 29.5 Å². The fourth-order valence-electron chi connectivity index (χ4n) is 3.08. The normalized spacial score (nSPS) is 10.4. The molecule has 28 heavy (non-hydrogen) atoms. The minimum absolute atomic E-state index is 0.724. The summed E-state index contributed by atoms with van der Waals surface area (Å²) in [6.45, 7) is 1.46. The highest BCUT2D eigenvalue weighted by molar-refractivity contribution is 5.61. The van der Waals surface area contributed by atoms with E-state index < -0.39 is 0 Å². The third-order valence-corrected chi connectivity index (χ3v) is 4.51. The molecule has 4 aromatic rings. The Bertz CT molecular complexity index is 951. The standard InChI is InChI=1S/C23H21N5/c1-2-7-20(19(6-1)14-27-21-8-3-11-24-15-21)18-28(22-9-4-12-25-16-22)23-10-5-13-26-17-23/h1-13,15-17,27H,14,18H2. The van der Waals surface area contributed by atoms with E-state index in [1.807, 2.05) is 42.9 Å². The number of anilines is 3. The fourth-order valence-corrected chi connectivity index (χ4v) is 3.08. The highest BCUT2D eigenvalue weighted by Crippen LogP contribution is 2.27. The van der Waals surface area contributed by atoms with Crippen LogP contribution >= 0.6 is 0 Å². The van der Waals surface area contributed by atoms with E-state index in [2.05, 4.69) is 61.6 Å². The molecule has 0 spiro atoms. The summed E-state index contributed by atoms with van der Waals surface area (Å²) in [6.07, 6.45) is 10.9. The minimum Gasteiger partial charge on any atom is -0.380 e. The van der Waals surface area contributed by atoms with Crippen molar-refractivity contribution in [2.75, 3.05) is 10.2 Å². The van der Waals surface area contributed by atoms with Gasteiger partial charge in [0.25, 0.3) is 0 Å². The maximum absolute atomic E-state index is 4.29. The molecule has 0 aliphatic rings. The van der Waals surface area contributed by atoms with Gasteiger partial charge in [-0.25, -0.2) is 0 Å². The van der Waals surface area contributed by atoms with Crippen LogP contribution in [0.15, 0.2) is 97.8 Å². The summed E-state index contributed by atoms with van der Waals surface area (Å²) >= 11 is 0. The molecule has 3 heterocycles. The molecule has 138 valence electrons. The van der Waals surface area contributed by atoms with E-state index >= 15 is 0 Å². The minimum atomic E-state index is 0.724. The molecular weight excluding hydrogens is 346 g/mol. The Morgan fingerprint density at radius 2 is 1.25 bits per heavy atom. The van der Waals surface area contributed by atoms with Gasteiger partial charge >= 0.3 is 0 Å². The third-order valence-electron chi connectivity index (χ3n) is 4.51. The van der Waals surface area contributed by atoms with Gasteiger partial charge < -0.3 is 10.2 Å². The first-order valence-corrected chi connectivity index (χ1v) is 9.18. The molecule has 3 aromatic heterocycles. The quantitative estimate of drug-likeness (QED) is 0.507. The molecule has 4 rings (SSSR count). The monoisotopic (exact) mass is 367 g/mol. The number of nitrogens with one attached hydrogen (secondary N) is 1. The van der Waals surface area contributed by atoms with Crippen LogP contribution in [-0.4, -0.2) is 15.0 Å². The summed E-state index contributed by atoms with van der Waals surface area (Å²) in [4.78, 5) is 15.0. The molecule has 0 aliphatic carbocycles. The van der Waals surface area contributed by atoms with Gasteiger partial charge in [-0.15, -0.1) is 0 Å². The Morgan fingerprint density at radius 1 is 0.643 bits per heavy atom. The number of nitrogens with zero attached hydrogens (tertiary/aromatic N) is 4. The lowest BCUT2D eigenvalue weighted by atomic mass is 10.1. The maximum Gasteiger partial charge on any atom is 0.0600 e. The second kappa shape index (κ2) is 8.77. The molecule has 1 N–H and O–H groups in total. The lowest BCUT2D eigenvalue weighted by Crippen LogP contribution is -2.18. The number of benzene rings is 1. The first-order chi connectivity index (χ1) is 13.9. The maximum atomic E-state index is 4.29. The molecule has 0 amide bonds. The summed E-state index contributed by atoms with van der Waals surface area (Å²) in [5, 5.41) is 3.45. The van der Waals surface area contributed by atoms with Gasteiger partial charge in [0.2, 0.25) is 0 Å². The first-order valence-electron chi connectivity index (χ1n) is 9.18. The van der Waals surface area contributed by atoms with Crippen LogP contribution in [0.25, 0.3) is 0 Å². The number of hydrogen-bond donors (Lipinski definition) is 1. The zero-order valence-electron chi connectivity index (χ0n) is 15.4. The highest BCUT2D eigenvalue weighted by atomic mass is 15.1. The third kappa shape index (κ3) is 4.32. The van der Waals surface area contributed by atoms with E-state index in [1.54, 1.807) is 18.6 Å². The largest absolute Gasteiger partial charge is 0.380 e. The van der Waals surface area contributed by atoms with E-state index in [1.165, 1.54) is 11.1 Å². The zero-order valence-corrected chi connectivity index (χ0v) is 15.4. The smallest absolute Gasteiger partial charge is 0.0600 e. The van der Waals surface area contributed by atoms with Crippen molar-refractivity contribution >= 4 is 17.1 Å². The molecule has 0 unspecified atom stereocenters. The van der Waals surface area contributed by atoms with E-state index in [9.17, 15) is 0 Å². The Morgan fingerprint density at radius 3 is 1.82 bits per heavy atom. The van der Waals surface area contributed by atoms with Crippen LogP contribution in [0.3, 0.4) is 0 Å². The molecule has 1 aromatic carbocycles. The second-order valence-electron chi connectivity index (χ2n) is 6.37. The lowest BCUT2D eigenvalue weighted by Gasteiger charge is -2.25. The van der Waals surface area contributed by atoms with E-state index in [4.69, 9.17) is 0 Å². The van der Waals surface area contributed by atoms with Crippen molar-refractivity contribution in [1.82, 2.24) is 15.0 Å². The van der Waals surface area contributed by atoms with Gasteiger partial charge in [0.1, 0.15) is 0 Å². The molecule has 0 fully saturated rings. The molecule has 0 bridgehead atoms. The number of hydrogen-bond acceptors (Lipinski definition) is 5. The predicted molar refractivity (Wildman–Crippen MR) is 112 cm³/mol. The van der Waals surface area contributed by atoms with Gasteiger partial charge in [0, 0.05) is 37.9 Å². The molecule has 0 saturated heterocycles. The Balaban J connectivity index is 1.60. The number of aromatic nitrogens is 3. The van der Waals surface area contributed by atoms with Crippen molar-refractivity contribution in [2.45, 2.75) is 13.1 Å². The van der Waals surface area contributed by atoms with Crippen LogP contribution in [0.2, 0.25) is 0 Å². The average molecular weight is 367 g/mol. The summed E-state index contributed by atoms with van der Waals surface area (Å²) in [7, 11) is 0. The van der Waals surface area contributed by atoms with Gasteiger partial charge in [-0.1, -0.05) is 24.3 Å². The van der Waals surface area contributed by atoms with E-state index in [-0.39, 0.29) is 0 Å². The first kappa shape index (κ1) is 17.7. The molecular formula is C23H21N5. The van der Waals surface area contributed by atoms with E-state index in [0.717, 1.165) is 30.2 Å². The summed E-state index contributed by atoms with van der Waals surface area (Å²) in [5.41, 5.74) is 5.56. The number of pyridine rings is 3. The molecule has 0 radical (unpaired) electrons. The van der Waals surface area contributed by atoms with Crippen LogP contribution in [0.4, 0.5) is 17.1 Å². The van der Waals surface area contributed by atoms with Gasteiger partial charge in [-0.3, -0.25) is 15.0 Å². The SMILES string of the molecule is c1cncc(NCc2ccccc2CN(c2cccnc2)c2cccnc2)c1. The Labute approximate surface area is 164 Å². The van der Waals surface area contributed by atoms with Crippen molar-refractivity contribution in [3.8, 4) is 0 Å². The van der Waals surface area contributed by atoms with Gasteiger partial charge in [0.15, 0.2) is 0 Å². The van der Waals surface area contributed by atoms with Crippen molar-refractivity contribution in [1.29, 1.82) is 0 Å². The molecule has 0 saturated carbocycles. The fraction of sp³-hybridized carbons (Fsp3) is 0.0870. The summed E-state index contributed by atoms with van der Waals surface area (Å²) in [5.74, 6) is 0. The van der Waals surface area contributed by atoms with Gasteiger partial charge in [-0.05, 0) is 47.5 Å². The second-order valence-corrected chi connectivity index (χ2v) is 6.37. The predicted octanol–water partition coefficient (Wildman–Crippen LogP) is 4.82. The number of rotatable bonds is 7. The van der Waals surface area contributed by atoms with Crippen LogP contribution in [0.1, 0.15) is 11.1 Å². The highest BCUT2D eigenvalue weighted by Gasteiger charge is 2.13.